The number of oxime groups is 1. The van der Waals surface area contributed by atoms with E-state index in [1.54, 1.807) is 0 Å². The van der Waals surface area contributed by atoms with E-state index in [2.05, 4.69) is 97.8 Å². The first-order chi connectivity index (χ1) is 11.7. The lowest BCUT2D eigenvalue weighted by Crippen LogP contribution is -2.28. The molecule has 1 aromatic rings. The molecule has 26 heavy (non-hydrogen) atoms. The van der Waals surface area contributed by atoms with Crippen molar-refractivity contribution in [3.05, 3.63) is 11.9 Å². The van der Waals surface area contributed by atoms with Gasteiger partial charge in [0.2, 0.25) is 0 Å². The Morgan fingerprint density at radius 2 is 1.65 bits per heavy atom. The average Bonchev–Trinajstić information content (AvgIpc) is 3.01. The van der Waals surface area contributed by atoms with Crippen molar-refractivity contribution in [2.75, 3.05) is 0 Å². The Balaban J connectivity index is 2.73. The van der Waals surface area contributed by atoms with E-state index in [0.717, 1.165) is 24.2 Å². The van der Waals surface area contributed by atoms with Crippen molar-refractivity contribution in [1.82, 2.24) is 15.0 Å². The van der Waals surface area contributed by atoms with Crippen LogP contribution in [0.2, 0.25) is 0 Å². The minimum atomic E-state index is -0.310. The highest BCUT2D eigenvalue weighted by Crippen LogP contribution is 2.31. The van der Waals surface area contributed by atoms with Crippen molar-refractivity contribution in [2.24, 2.45) is 17.0 Å². The third kappa shape index (κ3) is 6.40. The molecule has 0 aliphatic heterocycles. The van der Waals surface area contributed by atoms with Gasteiger partial charge in [-0.3, -0.25) is 0 Å². The topological polar surface area (TPSA) is 52.3 Å². The monoisotopic (exact) mass is 364 g/mol. The first-order valence-electron chi connectivity index (χ1n) is 9.82. The van der Waals surface area contributed by atoms with Gasteiger partial charge in [-0.1, -0.05) is 45.0 Å². The molecule has 0 fully saturated rings. The first kappa shape index (κ1) is 22.7. The van der Waals surface area contributed by atoms with E-state index in [4.69, 9.17) is 4.84 Å². The summed E-state index contributed by atoms with van der Waals surface area (Å²) in [5.74, 6) is 0.990. The molecule has 1 atom stereocenters. The molecule has 1 rings (SSSR count). The van der Waals surface area contributed by atoms with Gasteiger partial charge in [-0.2, -0.15) is 0 Å². The predicted octanol–water partition coefficient (Wildman–Crippen LogP) is 5.55. The molecule has 0 bridgehead atoms. The van der Waals surface area contributed by atoms with Crippen molar-refractivity contribution < 1.29 is 4.84 Å². The smallest absolute Gasteiger partial charge is 0.132 e. The third-order valence-corrected chi connectivity index (χ3v) is 5.32. The van der Waals surface area contributed by atoms with Crippen molar-refractivity contribution in [2.45, 2.75) is 106 Å². The van der Waals surface area contributed by atoms with Crippen LogP contribution in [0.25, 0.3) is 0 Å². The van der Waals surface area contributed by atoms with Crippen LogP contribution < -0.4 is 0 Å². The van der Waals surface area contributed by atoms with Gasteiger partial charge in [0.05, 0.1) is 16.9 Å². The van der Waals surface area contributed by atoms with Gasteiger partial charge in [-0.05, 0) is 66.2 Å². The number of nitrogens with zero attached hydrogens (tertiary/aromatic N) is 4. The Bertz CT molecular complexity index is 606. The molecule has 0 N–H and O–H groups in total. The maximum Gasteiger partial charge on any atom is 0.132 e. The molecule has 5 heteroatoms. The van der Waals surface area contributed by atoms with Crippen molar-refractivity contribution >= 4 is 5.71 Å². The molecule has 0 amide bonds. The fourth-order valence-corrected chi connectivity index (χ4v) is 2.45. The highest BCUT2D eigenvalue weighted by molar-refractivity contribution is 5.83. The van der Waals surface area contributed by atoms with Crippen LogP contribution in [0.3, 0.4) is 0 Å². The largest absolute Gasteiger partial charge is 0.390 e. The fourth-order valence-electron chi connectivity index (χ4n) is 2.45. The molecule has 0 saturated carbocycles. The van der Waals surface area contributed by atoms with E-state index in [1.165, 1.54) is 0 Å². The first-order valence-corrected chi connectivity index (χ1v) is 9.82. The van der Waals surface area contributed by atoms with Crippen LogP contribution in [-0.4, -0.2) is 26.3 Å². The molecule has 5 nitrogen and oxygen atoms in total. The van der Waals surface area contributed by atoms with Crippen molar-refractivity contribution in [3.8, 4) is 0 Å². The van der Waals surface area contributed by atoms with Gasteiger partial charge in [0.1, 0.15) is 5.60 Å². The van der Waals surface area contributed by atoms with Gasteiger partial charge in [0.25, 0.3) is 0 Å². The highest BCUT2D eigenvalue weighted by Gasteiger charge is 2.30. The zero-order chi connectivity index (χ0) is 20.3. The van der Waals surface area contributed by atoms with E-state index in [9.17, 15) is 0 Å². The van der Waals surface area contributed by atoms with Crippen molar-refractivity contribution in [3.63, 3.8) is 0 Å². The SMILES string of the molecule is CC(=NOC(C)(C)CCC(C)(C)c1cn(C(C)(C)C)nn1)[C@@H](C)C(C)C. The summed E-state index contributed by atoms with van der Waals surface area (Å²) >= 11 is 0. The Morgan fingerprint density at radius 3 is 2.12 bits per heavy atom. The summed E-state index contributed by atoms with van der Waals surface area (Å²) in [5.41, 5.74) is 1.66. The molecule has 1 aromatic heterocycles. The second kappa shape index (κ2) is 8.10. The zero-order valence-corrected chi connectivity index (χ0v) is 18.8. The lowest BCUT2D eigenvalue weighted by molar-refractivity contribution is -0.0259. The van der Waals surface area contributed by atoms with Crippen LogP contribution in [0, 0.1) is 11.8 Å². The van der Waals surface area contributed by atoms with Crippen LogP contribution in [0.5, 0.6) is 0 Å². The second-order valence-corrected chi connectivity index (χ2v) is 10.2. The lowest BCUT2D eigenvalue weighted by Gasteiger charge is -2.29. The van der Waals surface area contributed by atoms with Gasteiger partial charge in [-0.25, -0.2) is 4.68 Å². The summed E-state index contributed by atoms with van der Waals surface area (Å²) in [5, 5.41) is 13.1. The number of rotatable bonds is 8. The van der Waals surface area contributed by atoms with E-state index in [1.807, 2.05) is 4.68 Å². The van der Waals surface area contributed by atoms with E-state index in [0.29, 0.717) is 11.8 Å². The molecule has 0 radical (unpaired) electrons. The molecule has 150 valence electrons. The maximum absolute atomic E-state index is 5.90. The zero-order valence-electron chi connectivity index (χ0n) is 18.8. The molecule has 0 aliphatic carbocycles. The standard InChI is InChI=1S/C21H40N4O/c1-15(2)16(3)17(4)23-26-21(10,11)13-12-20(8,9)18-14-25(24-22-18)19(5,6)7/h14-16H,12-13H2,1-11H3/t16-/m0/s1. The molecule has 0 aliphatic rings. The molecular weight excluding hydrogens is 324 g/mol. The highest BCUT2D eigenvalue weighted by atomic mass is 16.6. The minimum absolute atomic E-state index is 0.0525. The molecule has 0 aromatic carbocycles. The van der Waals surface area contributed by atoms with Crippen LogP contribution in [-0.2, 0) is 15.8 Å². The fraction of sp³-hybridized carbons (Fsp3) is 0.857. The summed E-state index contributed by atoms with van der Waals surface area (Å²) in [6.45, 7) is 23.7. The predicted molar refractivity (Wildman–Crippen MR) is 110 cm³/mol. The van der Waals surface area contributed by atoms with Gasteiger partial charge in [-0.15, -0.1) is 5.10 Å². The summed E-state index contributed by atoms with van der Waals surface area (Å²) in [7, 11) is 0. The van der Waals surface area contributed by atoms with Crippen molar-refractivity contribution in [1.29, 1.82) is 0 Å². The van der Waals surface area contributed by atoms with Crippen LogP contribution in [0.1, 0.15) is 94.7 Å². The van der Waals surface area contributed by atoms with Gasteiger partial charge < -0.3 is 4.84 Å². The molecule has 0 unspecified atom stereocenters. The van der Waals surface area contributed by atoms with Gasteiger partial charge in [0, 0.05) is 11.6 Å². The Kier molecular flexibility index (Phi) is 7.05. The van der Waals surface area contributed by atoms with E-state index >= 15 is 0 Å². The van der Waals surface area contributed by atoms with Gasteiger partial charge >= 0.3 is 0 Å². The lowest BCUT2D eigenvalue weighted by atomic mass is 9.81. The minimum Gasteiger partial charge on any atom is -0.390 e. The maximum atomic E-state index is 5.90. The normalized spacial score (nSPS) is 15.5. The van der Waals surface area contributed by atoms with E-state index < -0.39 is 0 Å². The molecule has 1 heterocycles. The number of hydrogen-bond donors (Lipinski definition) is 0. The second-order valence-electron chi connectivity index (χ2n) is 10.2. The molecule has 0 saturated heterocycles. The number of hydrogen-bond acceptors (Lipinski definition) is 4. The Morgan fingerprint density at radius 1 is 1.08 bits per heavy atom. The quantitative estimate of drug-likeness (QED) is 0.448. The van der Waals surface area contributed by atoms with Crippen LogP contribution >= 0.6 is 0 Å². The summed E-state index contributed by atoms with van der Waals surface area (Å²) in [6, 6.07) is 0. The van der Waals surface area contributed by atoms with Crippen LogP contribution in [0.15, 0.2) is 11.4 Å². The van der Waals surface area contributed by atoms with Gasteiger partial charge in [0.15, 0.2) is 0 Å². The summed E-state index contributed by atoms with van der Waals surface area (Å²) < 4.78 is 1.94. The van der Waals surface area contributed by atoms with E-state index in [-0.39, 0.29) is 16.6 Å². The Labute approximate surface area is 160 Å². The molecule has 0 spiro atoms. The summed E-state index contributed by atoms with van der Waals surface area (Å²) in [4.78, 5) is 5.90. The number of aromatic nitrogens is 3. The average molecular weight is 365 g/mol. The molecular formula is C21H40N4O. The third-order valence-electron chi connectivity index (χ3n) is 5.32. The van der Waals surface area contributed by atoms with Crippen LogP contribution in [0.4, 0.5) is 0 Å². The summed E-state index contributed by atoms with van der Waals surface area (Å²) in [6.07, 6.45) is 3.92. The Hall–Kier alpha value is -1.39.